The molecule has 5 heteroatoms. The van der Waals surface area contributed by atoms with Crippen LogP contribution in [-0.4, -0.2) is 22.5 Å². The standard InChI is InChI=1S/C10H9FN2O2/c1-2-15-10(14)8-3-6-4-12-5-7(11)9(6)13-8/h3-5,13H,2H2,1H3. The van der Waals surface area contributed by atoms with E-state index in [0.717, 1.165) is 6.20 Å². The zero-order valence-electron chi connectivity index (χ0n) is 8.08. The van der Waals surface area contributed by atoms with Gasteiger partial charge in [0.15, 0.2) is 5.82 Å². The van der Waals surface area contributed by atoms with Gasteiger partial charge in [0.1, 0.15) is 5.69 Å². The molecule has 0 aliphatic carbocycles. The van der Waals surface area contributed by atoms with E-state index in [0.29, 0.717) is 5.39 Å². The molecule has 0 spiro atoms. The van der Waals surface area contributed by atoms with Crippen LogP contribution in [0.5, 0.6) is 0 Å². The summed E-state index contributed by atoms with van der Waals surface area (Å²) in [5.74, 6) is -0.976. The lowest BCUT2D eigenvalue weighted by Gasteiger charge is -1.96. The van der Waals surface area contributed by atoms with Crippen molar-refractivity contribution in [3.05, 3.63) is 30.0 Å². The zero-order valence-corrected chi connectivity index (χ0v) is 8.08. The van der Waals surface area contributed by atoms with Gasteiger partial charge >= 0.3 is 5.97 Å². The molecule has 0 aromatic carbocycles. The average Bonchev–Trinajstić information content (AvgIpc) is 2.63. The van der Waals surface area contributed by atoms with Crippen LogP contribution in [0.2, 0.25) is 0 Å². The van der Waals surface area contributed by atoms with E-state index in [1.165, 1.54) is 12.3 Å². The number of fused-ring (bicyclic) bond motifs is 1. The molecule has 0 bridgehead atoms. The SMILES string of the molecule is CCOC(=O)c1cc2cncc(F)c2[nH]1. The maximum absolute atomic E-state index is 13.2. The van der Waals surface area contributed by atoms with Crippen molar-refractivity contribution in [2.75, 3.05) is 6.61 Å². The van der Waals surface area contributed by atoms with Gasteiger partial charge in [0, 0.05) is 11.6 Å². The van der Waals surface area contributed by atoms with Gasteiger partial charge in [0.25, 0.3) is 0 Å². The topological polar surface area (TPSA) is 55.0 Å². The molecule has 2 rings (SSSR count). The highest BCUT2D eigenvalue weighted by Crippen LogP contribution is 2.17. The van der Waals surface area contributed by atoms with Crippen LogP contribution in [0.3, 0.4) is 0 Å². The number of ether oxygens (including phenoxy) is 1. The molecule has 15 heavy (non-hydrogen) atoms. The minimum absolute atomic E-state index is 0.235. The fraction of sp³-hybridized carbons (Fsp3) is 0.200. The molecule has 0 amide bonds. The van der Waals surface area contributed by atoms with Crippen molar-refractivity contribution in [1.29, 1.82) is 0 Å². The summed E-state index contributed by atoms with van der Waals surface area (Å²) in [5.41, 5.74) is 0.506. The summed E-state index contributed by atoms with van der Waals surface area (Å²) in [4.78, 5) is 17.7. The van der Waals surface area contributed by atoms with Crippen molar-refractivity contribution < 1.29 is 13.9 Å². The van der Waals surface area contributed by atoms with Crippen LogP contribution < -0.4 is 0 Å². The van der Waals surface area contributed by atoms with Crippen molar-refractivity contribution in [3.8, 4) is 0 Å². The minimum atomic E-state index is -0.492. The van der Waals surface area contributed by atoms with Gasteiger partial charge in [-0.2, -0.15) is 0 Å². The highest BCUT2D eigenvalue weighted by Gasteiger charge is 2.12. The van der Waals surface area contributed by atoms with Crippen LogP contribution in [0.4, 0.5) is 4.39 Å². The first-order valence-corrected chi connectivity index (χ1v) is 4.51. The summed E-state index contributed by atoms with van der Waals surface area (Å²) in [6.45, 7) is 2.00. The van der Waals surface area contributed by atoms with Gasteiger partial charge in [-0.25, -0.2) is 9.18 Å². The second-order valence-electron chi connectivity index (χ2n) is 2.99. The van der Waals surface area contributed by atoms with E-state index in [-0.39, 0.29) is 17.8 Å². The molecule has 2 aromatic heterocycles. The summed E-state index contributed by atoms with van der Waals surface area (Å²) >= 11 is 0. The number of carbonyl (C=O) groups is 1. The van der Waals surface area contributed by atoms with E-state index >= 15 is 0 Å². The molecule has 78 valence electrons. The number of hydrogen-bond acceptors (Lipinski definition) is 3. The largest absolute Gasteiger partial charge is 0.461 e. The van der Waals surface area contributed by atoms with E-state index in [9.17, 15) is 9.18 Å². The van der Waals surface area contributed by atoms with Crippen molar-refractivity contribution in [3.63, 3.8) is 0 Å². The number of nitrogens with one attached hydrogen (secondary N) is 1. The quantitative estimate of drug-likeness (QED) is 0.766. The molecule has 0 aliphatic rings. The third kappa shape index (κ3) is 1.68. The summed E-state index contributed by atoms with van der Waals surface area (Å²) in [6.07, 6.45) is 2.57. The molecule has 1 N–H and O–H groups in total. The Balaban J connectivity index is 2.47. The molecular formula is C10H9FN2O2. The lowest BCUT2D eigenvalue weighted by Crippen LogP contribution is -2.04. The highest BCUT2D eigenvalue weighted by molar-refractivity contribution is 5.94. The van der Waals surface area contributed by atoms with E-state index < -0.39 is 11.8 Å². The molecule has 0 atom stereocenters. The monoisotopic (exact) mass is 208 g/mol. The molecule has 0 radical (unpaired) electrons. The van der Waals surface area contributed by atoms with Crippen molar-refractivity contribution in [2.45, 2.75) is 6.92 Å². The molecule has 0 saturated carbocycles. The number of pyridine rings is 1. The number of esters is 1. The zero-order chi connectivity index (χ0) is 10.8. The Hall–Kier alpha value is -1.91. The Labute approximate surface area is 85.1 Å². The van der Waals surface area contributed by atoms with Crippen LogP contribution >= 0.6 is 0 Å². The first-order valence-electron chi connectivity index (χ1n) is 4.51. The molecule has 4 nitrogen and oxygen atoms in total. The van der Waals surface area contributed by atoms with Crippen LogP contribution in [0, 0.1) is 5.82 Å². The van der Waals surface area contributed by atoms with Crippen LogP contribution in [0.1, 0.15) is 17.4 Å². The number of rotatable bonds is 2. The first-order chi connectivity index (χ1) is 7.22. The molecule has 0 aliphatic heterocycles. The van der Waals surface area contributed by atoms with Gasteiger partial charge in [-0.15, -0.1) is 0 Å². The number of nitrogens with zero attached hydrogens (tertiary/aromatic N) is 1. The number of hydrogen-bond donors (Lipinski definition) is 1. The predicted octanol–water partition coefficient (Wildman–Crippen LogP) is 1.88. The van der Waals surface area contributed by atoms with E-state index in [1.54, 1.807) is 6.92 Å². The maximum atomic E-state index is 13.2. The van der Waals surface area contributed by atoms with Gasteiger partial charge in [-0.3, -0.25) is 4.98 Å². The van der Waals surface area contributed by atoms with Crippen molar-refractivity contribution >= 4 is 16.9 Å². The Morgan fingerprint density at radius 1 is 1.60 bits per heavy atom. The van der Waals surface area contributed by atoms with Gasteiger partial charge < -0.3 is 9.72 Å². The molecule has 2 heterocycles. The van der Waals surface area contributed by atoms with Crippen LogP contribution in [0.15, 0.2) is 18.5 Å². The summed E-state index contributed by atoms with van der Waals surface area (Å²) in [6, 6.07) is 1.52. The molecule has 0 unspecified atom stereocenters. The third-order valence-corrected chi connectivity index (χ3v) is 1.98. The van der Waals surface area contributed by atoms with Gasteiger partial charge in [0.05, 0.1) is 18.3 Å². The Bertz CT molecular complexity index is 507. The third-order valence-electron chi connectivity index (χ3n) is 1.98. The summed E-state index contributed by atoms with van der Waals surface area (Å²) in [7, 11) is 0. The highest BCUT2D eigenvalue weighted by atomic mass is 19.1. The van der Waals surface area contributed by atoms with Gasteiger partial charge in [0.2, 0.25) is 0 Å². The van der Waals surface area contributed by atoms with E-state index in [2.05, 4.69) is 9.97 Å². The van der Waals surface area contributed by atoms with Crippen LogP contribution in [0.25, 0.3) is 10.9 Å². The number of H-pyrrole nitrogens is 1. The maximum Gasteiger partial charge on any atom is 0.354 e. The molecule has 0 saturated heterocycles. The predicted molar refractivity (Wildman–Crippen MR) is 52.0 cm³/mol. The Morgan fingerprint density at radius 2 is 2.40 bits per heavy atom. The van der Waals surface area contributed by atoms with Crippen molar-refractivity contribution in [1.82, 2.24) is 9.97 Å². The van der Waals surface area contributed by atoms with Crippen LogP contribution in [-0.2, 0) is 4.74 Å². The average molecular weight is 208 g/mol. The fourth-order valence-corrected chi connectivity index (χ4v) is 1.34. The summed E-state index contributed by atoms with van der Waals surface area (Å²) < 4.78 is 18.0. The normalized spacial score (nSPS) is 10.5. The molecule has 0 fully saturated rings. The van der Waals surface area contributed by atoms with E-state index in [1.807, 2.05) is 0 Å². The van der Waals surface area contributed by atoms with Gasteiger partial charge in [-0.05, 0) is 13.0 Å². The lowest BCUT2D eigenvalue weighted by atomic mass is 10.3. The Morgan fingerprint density at radius 3 is 3.07 bits per heavy atom. The first kappa shape index (κ1) is 9.64. The molecular weight excluding hydrogens is 199 g/mol. The number of carbonyl (C=O) groups excluding carboxylic acids is 1. The lowest BCUT2D eigenvalue weighted by molar-refractivity contribution is 0.0520. The second-order valence-corrected chi connectivity index (χ2v) is 2.99. The number of aromatic amines is 1. The number of halogens is 1. The van der Waals surface area contributed by atoms with E-state index in [4.69, 9.17) is 4.74 Å². The summed E-state index contributed by atoms with van der Waals surface area (Å²) in [5, 5.41) is 0.554. The van der Waals surface area contributed by atoms with Crippen molar-refractivity contribution in [2.24, 2.45) is 0 Å². The Kier molecular flexibility index (Phi) is 2.37. The fourth-order valence-electron chi connectivity index (χ4n) is 1.34. The minimum Gasteiger partial charge on any atom is -0.461 e. The second kappa shape index (κ2) is 3.68. The molecule has 2 aromatic rings. The smallest absolute Gasteiger partial charge is 0.354 e. The van der Waals surface area contributed by atoms with Gasteiger partial charge in [-0.1, -0.05) is 0 Å². The number of aromatic nitrogens is 2.